The van der Waals surface area contributed by atoms with Gasteiger partial charge in [-0.05, 0) is 56.1 Å². The van der Waals surface area contributed by atoms with E-state index in [1.807, 2.05) is 4.72 Å². The SMILES string of the molecule is O=C(NS(=O)(=O)c1ccc(NCC2CCNCC2)c([N+](=O)[O-])c1)c1cccnc1. The highest BCUT2D eigenvalue weighted by Gasteiger charge is 2.24. The van der Waals surface area contributed by atoms with Crippen molar-refractivity contribution < 1.29 is 18.1 Å². The van der Waals surface area contributed by atoms with E-state index < -0.39 is 20.9 Å². The number of nitro benzene ring substituents is 1. The zero-order valence-corrected chi connectivity index (χ0v) is 16.3. The molecule has 0 spiro atoms. The summed E-state index contributed by atoms with van der Waals surface area (Å²) in [6, 6.07) is 6.44. The van der Waals surface area contributed by atoms with Crippen LogP contribution in [0.15, 0.2) is 47.6 Å². The normalized spacial score (nSPS) is 14.9. The number of benzene rings is 1. The standard InChI is InChI=1S/C18H21N5O5S/c24-18(14-2-1-7-20-12-14)22-29(27,28)15-3-4-16(17(10-15)23(25)26)21-11-13-5-8-19-9-6-13/h1-4,7,10,12-13,19,21H,5-6,8-9,11H2,(H,22,24). The zero-order valence-electron chi connectivity index (χ0n) is 15.5. The third kappa shape index (κ3) is 5.27. The minimum Gasteiger partial charge on any atom is -0.379 e. The van der Waals surface area contributed by atoms with Gasteiger partial charge in [-0.1, -0.05) is 0 Å². The lowest BCUT2D eigenvalue weighted by Crippen LogP contribution is -2.31. The third-order valence-corrected chi connectivity index (χ3v) is 6.00. The number of amides is 1. The summed E-state index contributed by atoms with van der Waals surface area (Å²) in [7, 11) is -4.28. The summed E-state index contributed by atoms with van der Waals surface area (Å²) < 4.78 is 26.9. The Hall–Kier alpha value is -3.05. The number of aromatic nitrogens is 1. The third-order valence-electron chi connectivity index (χ3n) is 4.67. The Labute approximate surface area is 167 Å². The first kappa shape index (κ1) is 20.7. The number of carbonyl (C=O) groups excluding carboxylic acids is 1. The number of piperidine rings is 1. The number of nitro groups is 1. The van der Waals surface area contributed by atoms with Gasteiger partial charge in [0.05, 0.1) is 15.4 Å². The summed E-state index contributed by atoms with van der Waals surface area (Å²) in [5, 5.41) is 17.8. The maximum Gasteiger partial charge on any atom is 0.293 e. The predicted molar refractivity (Wildman–Crippen MR) is 106 cm³/mol. The highest BCUT2D eigenvalue weighted by Crippen LogP contribution is 2.28. The molecule has 154 valence electrons. The average Bonchev–Trinajstić information content (AvgIpc) is 2.73. The molecule has 0 unspecified atom stereocenters. The molecule has 1 fully saturated rings. The van der Waals surface area contributed by atoms with Crippen LogP contribution in [0.2, 0.25) is 0 Å². The predicted octanol–water partition coefficient (Wildman–Crippen LogP) is 1.52. The van der Waals surface area contributed by atoms with Gasteiger partial charge in [-0.3, -0.25) is 19.9 Å². The van der Waals surface area contributed by atoms with Crippen LogP contribution in [0.25, 0.3) is 0 Å². The van der Waals surface area contributed by atoms with Crippen molar-refractivity contribution in [2.45, 2.75) is 17.7 Å². The molecule has 1 aliphatic rings. The lowest BCUT2D eigenvalue weighted by Gasteiger charge is -2.23. The summed E-state index contributed by atoms with van der Waals surface area (Å²) >= 11 is 0. The Balaban J connectivity index is 1.77. The Morgan fingerprint density at radius 3 is 2.69 bits per heavy atom. The Morgan fingerprint density at radius 2 is 2.03 bits per heavy atom. The molecule has 1 amide bonds. The summed E-state index contributed by atoms with van der Waals surface area (Å²) in [6.45, 7) is 2.37. The van der Waals surface area contributed by atoms with Crippen molar-refractivity contribution in [1.29, 1.82) is 0 Å². The molecule has 0 bridgehead atoms. The molecule has 1 saturated heterocycles. The van der Waals surface area contributed by atoms with Gasteiger partial charge in [0.25, 0.3) is 21.6 Å². The molecule has 10 nitrogen and oxygen atoms in total. The molecule has 2 aromatic rings. The van der Waals surface area contributed by atoms with E-state index in [2.05, 4.69) is 15.6 Å². The Morgan fingerprint density at radius 1 is 1.28 bits per heavy atom. The van der Waals surface area contributed by atoms with Gasteiger partial charge in [-0.25, -0.2) is 13.1 Å². The summed E-state index contributed by atoms with van der Waals surface area (Å²) in [6.07, 6.45) is 4.60. The summed E-state index contributed by atoms with van der Waals surface area (Å²) in [5.41, 5.74) is -0.0625. The van der Waals surface area contributed by atoms with Gasteiger partial charge in [0.1, 0.15) is 5.69 Å². The maximum atomic E-state index is 12.5. The number of pyridine rings is 1. The second kappa shape index (κ2) is 8.97. The first-order chi connectivity index (χ1) is 13.9. The largest absolute Gasteiger partial charge is 0.379 e. The van der Waals surface area contributed by atoms with Crippen LogP contribution in [0.1, 0.15) is 23.2 Å². The van der Waals surface area contributed by atoms with E-state index in [0.29, 0.717) is 12.5 Å². The minimum atomic E-state index is -4.28. The molecule has 0 aliphatic carbocycles. The van der Waals surface area contributed by atoms with Gasteiger partial charge in [-0.2, -0.15) is 0 Å². The number of anilines is 1. The van der Waals surface area contributed by atoms with Crippen LogP contribution in [0.3, 0.4) is 0 Å². The van der Waals surface area contributed by atoms with Crippen LogP contribution in [-0.2, 0) is 10.0 Å². The van der Waals surface area contributed by atoms with Crippen molar-refractivity contribution in [3.8, 4) is 0 Å². The fourth-order valence-corrected chi connectivity index (χ4v) is 4.05. The molecular formula is C18H21N5O5S. The van der Waals surface area contributed by atoms with Crippen LogP contribution in [0.5, 0.6) is 0 Å². The monoisotopic (exact) mass is 419 g/mol. The van der Waals surface area contributed by atoms with E-state index in [0.717, 1.165) is 32.0 Å². The Bertz CT molecular complexity index is 991. The molecule has 0 atom stereocenters. The van der Waals surface area contributed by atoms with Gasteiger partial charge in [0.15, 0.2) is 0 Å². The molecule has 0 radical (unpaired) electrons. The number of hydrogen-bond acceptors (Lipinski definition) is 8. The summed E-state index contributed by atoms with van der Waals surface area (Å²) in [5.74, 6) is -0.480. The van der Waals surface area contributed by atoms with Crippen molar-refractivity contribution in [2.24, 2.45) is 5.92 Å². The highest BCUT2D eigenvalue weighted by molar-refractivity contribution is 7.90. The second-order valence-electron chi connectivity index (χ2n) is 6.69. The molecule has 1 aromatic heterocycles. The van der Waals surface area contributed by atoms with E-state index in [-0.39, 0.29) is 21.8 Å². The van der Waals surface area contributed by atoms with Crippen LogP contribution in [0, 0.1) is 16.0 Å². The molecule has 0 saturated carbocycles. The molecule has 3 rings (SSSR count). The van der Waals surface area contributed by atoms with Crippen LogP contribution in [-0.4, -0.2) is 43.9 Å². The quantitative estimate of drug-likeness (QED) is 0.453. The first-order valence-electron chi connectivity index (χ1n) is 9.07. The van der Waals surface area contributed by atoms with Crippen molar-refractivity contribution in [2.75, 3.05) is 25.0 Å². The number of nitrogens with zero attached hydrogens (tertiary/aromatic N) is 2. The fraction of sp³-hybridized carbons (Fsp3) is 0.333. The van der Waals surface area contributed by atoms with Crippen molar-refractivity contribution in [3.05, 3.63) is 58.4 Å². The molecule has 11 heteroatoms. The van der Waals surface area contributed by atoms with Gasteiger partial charge in [0, 0.05) is 25.0 Å². The van der Waals surface area contributed by atoms with Crippen LogP contribution in [0.4, 0.5) is 11.4 Å². The topological polar surface area (TPSA) is 143 Å². The lowest BCUT2D eigenvalue weighted by atomic mass is 9.98. The number of rotatable bonds is 7. The average molecular weight is 419 g/mol. The van der Waals surface area contributed by atoms with Gasteiger partial charge >= 0.3 is 0 Å². The molecule has 3 N–H and O–H groups in total. The lowest BCUT2D eigenvalue weighted by molar-refractivity contribution is -0.384. The molecule has 1 aromatic carbocycles. The highest BCUT2D eigenvalue weighted by atomic mass is 32.2. The smallest absolute Gasteiger partial charge is 0.293 e. The minimum absolute atomic E-state index is 0.0610. The van der Waals surface area contributed by atoms with E-state index in [4.69, 9.17) is 0 Å². The first-order valence-corrected chi connectivity index (χ1v) is 10.6. The van der Waals surface area contributed by atoms with Gasteiger partial charge < -0.3 is 10.6 Å². The van der Waals surface area contributed by atoms with E-state index in [9.17, 15) is 23.3 Å². The molecule has 29 heavy (non-hydrogen) atoms. The van der Waals surface area contributed by atoms with E-state index in [1.165, 1.54) is 36.7 Å². The zero-order chi connectivity index (χ0) is 20.9. The van der Waals surface area contributed by atoms with Gasteiger partial charge in [0.2, 0.25) is 0 Å². The second-order valence-corrected chi connectivity index (χ2v) is 8.37. The molecule has 2 heterocycles. The van der Waals surface area contributed by atoms with E-state index in [1.54, 1.807) is 0 Å². The van der Waals surface area contributed by atoms with Crippen molar-refractivity contribution in [3.63, 3.8) is 0 Å². The van der Waals surface area contributed by atoms with Crippen molar-refractivity contribution >= 4 is 27.3 Å². The Kier molecular flexibility index (Phi) is 6.39. The van der Waals surface area contributed by atoms with Crippen LogP contribution < -0.4 is 15.4 Å². The number of sulfonamides is 1. The molecular weight excluding hydrogens is 398 g/mol. The number of hydrogen-bond donors (Lipinski definition) is 3. The number of nitrogens with one attached hydrogen (secondary N) is 3. The summed E-state index contributed by atoms with van der Waals surface area (Å²) in [4.78, 5) is 26.3. The van der Waals surface area contributed by atoms with Gasteiger partial charge in [-0.15, -0.1) is 0 Å². The van der Waals surface area contributed by atoms with Crippen LogP contribution >= 0.6 is 0 Å². The number of carbonyl (C=O) groups is 1. The fourth-order valence-electron chi connectivity index (χ4n) is 3.06. The maximum absolute atomic E-state index is 12.5. The molecule has 1 aliphatic heterocycles. The van der Waals surface area contributed by atoms with E-state index >= 15 is 0 Å². The van der Waals surface area contributed by atoms with Crippen molar-refractivity contribution in [1.82, 2.24) is 15.0 Å².